The van der Waals surface area contributed by atoms with E-state index in [0.717, 1.165) is 43.4 Å². The number of hydrogen-bond donors (Lipinski definition) is 2. The van der Waals surface area contributed by atoms with Crippen molar-refractivity contribution in [1.82, 2.24) is 0 Å². The highest BCUT2D eigenvalue weighted by Crippen LogP contribution is 2.39. The molecule has 2 fully saturated rings. The van der Waals surface area contributed by atoms with Crippen LogP contribution in [0.1, 0.15) is 113 Å². The largest absolute Gasteiger partial charge is 0.462 e. The van der Waals surface area contributed by atoms with E-state index in [4.69, 9.17) is 24.2 Å². The highest BCUT2D eigenvalue weighted by Gasteiger charge is 2.41. The first-order chi connectivity index (χ1) is 24.8. The van der Waals surface area contributed by atoms with E-state index >= 15 is 0 Å². The summed E-state index contributed by atoms with van der Waals surface area (Å²) in [6.07, 6.45) is 4.58. The summed E-state index contributed by atoms with van der Waals surface area (Å²) in [5.74, 6) is -0.0941. The molecule has 0 heterocycles. The number of aliphatic hydroxyl groups is 1. The summed E-state index contributed by atoms with van der Waals surface area (Å²) in [6.45, 7) is 15.8. The van der Waals surface area contributed by atoms with Crippen molar-refractivity contribution >= 4 is 35.5 Å². The summed E-state index contributed by atoms with van der Waals surface area (Å²) in [5, 5.41) is 22.3. The minimum Gasteiger partial charge on any atom is -0.462 e. The lowest BCUT2D eigenvalue weighted by Crippen LogP contribution is -2.45. The molecule has 53 heavy (non-hydrogen) atoms. The summed E-state index contributed by atoms with van der Waals surface area (Å²) < 4.78 is 20.3. The third kappa shape index (κ3) is 15.9. The molecule has 0 aliphatic heterocycles. The van der Waals surface area contributed by atoms with Crippen LogP contribution in [0.15, 0.2) is 24.3 Å². The number of benzene rings is 1. The van der Waals surface area contributed by atoms with Gasteiger partial charge in [0.25, 0.3) is 0 Å². The maximum atomic E-state index is 12.7. The lowest BCUT2D eigenvalue weighted by molar-refractivity contribution is -0.182. The van der Waals surface area contributed by atoms with Crippen LogP contribution in [-0.2, 0) is 49.3 Å². The van der Waals surface area contributed by atoms with Gasteiger partial charge in [-0.1, -0.05) is 66.5 Å². The van der Waals surface area contributed by atoms with Gasteiger partial charge in [-0.15, -0.1) is 0 Å². The number of nitrogens with zero attached hydrogens (tertiary/aromatic N) is 1. The van der Waals surface area contributed by atoms with E-state index in [0.29, 0.717) is 36.0 Å². The highest BCUT2D eigenvalue weighted by atomic mass is 16.6. The van der Waals surface area contributed by atoms with Crippen LogP contribution < -0.4 is 5.32 Å². The zero-order chi connectivity index (χ0) is 39.9. The third-order valence-corrected chi connectivity index (χ3v) is 10.2. The Balaban J connectivity index is 0.000000387. The Morgan fingerprint density at radius 2 is 1.43 bits per heavy atom. The second-order valence-corrected chi connectivity index (χ2v) is 15.9. The number of ether oxygens (including phenoxy) is 4. The predicted octanol–water partition coefficient (Wildman–Crippen LogP) is 6.57. The molecule has 0 bridgehead atoms. The van der Waals surface area contributed by atoms with Crippen molar-refractivity contribution in [3.63, 3.8) is 0 Å². The Morgan fingerprint density at radius 1 is 0.868 bits per heavy atom. The molecular formula is C41H62N2O10. The van der Waals surface area contributed by atoms with Crippen molar-refractivity contribution in [3.05, 3.63) is 29.8 Å². The van der Waals surface area contributed by atoms with Crippen molar-refractivity contribution in [1.29, 1.82) is 5.26 Å². The molecule has 0 radical (unpaired) electrons. The molecule has 1 aromatic carbocycles. The van der Waals surface area contributed by atoms with Gasteiger partial charge in [-0.2, -0.15) is 5.26 Å². The van der Waals surface area contributed by atoms with Crippen molar-refractivity contribution in [2.45, 2.75) is 131 Å². The summed E-state index contributed by atoms with van der Waals surface area (Å²) in [7, 11) is 0. The van der Waals surface area contributed by atoms with Crippen molar-refractivity contribution < 1.29 is 48.0 Å². The Morgan fingerprint density at radius 3 is 1.98 bits per heavy atom. The summed E-state index contributed by atoms with van der Waals surface area (Å²) in [4.78, 5) is 59.5. The molecule has 5 unspecified atom stereocenters. The maximum absolute atomic E-state index is 12.7. The van der Waals surface area contributed by atoms with Gasteiger partial charge in [-0.3, -0.25) is 19.2 Å². The van der Waals surface area contributed by atoms with E-state index in [1.807, 2.05) is 24.3 Å². The zero-order valence-corrected chi connectivity index (χ0v) is 33.1. The molecule has 2 saturated carbocycles. The van der Waals surface area contributed by atoms with Crippen LogP contribution in [-0.4, -0.2) is 65.9 Å². The lowest BCUT2D eigenvalue weighted by atomic mass is 9.70. The van der Waals surface area contributed by atoms with Gasteiger partial charge in [0.2, 0.25) is 5.91 Å². The van der Waals surface area contributed by atoms with Gasteiger partial charge < -0.3 is 29.4 Å². The second kappa shape index (κ2) is 21.7. The fourth-order valence-electron chi connectivity index (χ4n) is 7.20. The summed E-state index contributed by atoms with van der Waals surface area (Å²) in [5.41, 5.74) is -0.259. The fraction of sp³-hybridized carbons (Fsp3) is 0.707. The molecule has 0 aromatic heterocycles. The lowest BCUT2D eigenvalue weighted by Gasteiger charge is -2.37. The zero-order valence-electron chi connectivity index (χ0n) is 33.1. The van der Waals surface area contributed by atoms with E-state index < -0.39 is 42.0 Å². The normalized spacial score (nSPS) is 24.3. The molecule has 296 valence electrons. The topological polar surface area (TPSA) is 178 Å². The summed E-state index contributed by atoms with van der Waals surface area (Å²) >= 11 is 0. The standard InChI is InChI=1S/C22H36O9.C19H26N2O/c1-13(2)18-8-7-14(3)9-19(18)31-21(26)22(6,27)10-20(25)29-12-17(30-16(5)24)11-28-15(4)23;1-13(2)17-9-4-14(3)12-18(17)19(22)21-16-7-5-15(6-8-16)10-11-20/h13-14,17-19,27H,7-12H2,1-6H3;5-8,13-14,17-18H,4,9-10,12H2,1-3H3,(H,21,22)/t14-,17?,18?,19?,22+;14-,17?,18?/m11/s1. The Bertz CT molecular complexity index is 1400. The van der Waals surface area contributed by atoms with Crippen LogP contribution in [0.4, 0.5) is 5.69 Å². The molecule has 1 aromatic rings. The van der Waals surface area contributed by atoms with Gasteiger partial charge in [0.1, 0.15) is 19.3 Å². The first kappa shape index (κ1) is 45.2. The van der Waals surface area contributed by atoms with E-state index in [2.05, 4.69) is 52.9 Å². The number of carbonyl (C=O) groups is 5. The second-order valence-electron chi connectivity index (χ2n) is 15.9. The molecule has 12 nitrogen and oxygen atoms in total. The van der Waals surface area contributed by atoms with Crippen molar-refractivity contribution in [3.8, 4) is 6.07 Å². The minimum atomic E-state index is -2.06. The minimum absolute atomic E-state index is 0.113. The van der Waals surface area contributed by atoms with Gasteiger partial charge in [0.05, 0.1) is 18.9 Å². The molecule has 8 atom stereocenters. The van der Waals surface area contributed by atoms with Gasteiger partial charge in [-0.25, -0.2) is 4.79 Å². The number of amides is 1. The number of anilines is 1. The van der Waals surface area contributed by atoms with Crippen LogP contribution in [0.3, 0.4) is 0 Å². The van der Waals surface area contributed by atoms with Crippen molar-refractivity contribution in [2.75, 3.05) is 18.5 Å². The number of nitriles is 1. The number of hydrogen-bond acceptors (Lipinski definition) is 11. The summed E-state index contributed by atoms with van der Waals surface area (Å²) in [6, 6.07) is 9.72. The van der Waals surface area contributed by atoms with Crippen LogP contribution in [0, 0.1) is 52.8 Å². The molecule has 0 spiro atoms. The first-order valence-corrected chi connectivity index (χ1v) is 19.0. The number of carbonyl (C=O) groups excluding carboxylic acids is 5. The van der Waals surface area contributed by atoms with Crippen LogP contribution in [0.2, 0.25) is 0 Å². The van der Waals surface area contributed by atoms with Crippen LogP contribution >= 0.6 is 0 Å². The average Bonchev–Trinajstić information content (AvgIpc) is 3.06. The number of rotatable bonds is 14. The monoisotopic (exact) mass is 742 g/mol. The molecule has 2 aliphatic carbocycles. The smallest absolute Gasteiger partial charge is 0.338 e. The van der Waals surface area contributed by atoms with Gasteiger partial charge in [-0.05, 0) is 85.8 Å². The van der Waals surface area contributed by atoms with E-state index in [9.17, 15) is 29.1 Å². The van der Waals surface area contributed by atoms with Crippen LogP contribution in [0.25, 0.3) is 0 Å². The molecular weight excluding hydrogens is 680 g/mol. The fourth-order valence-corrected chi connectivity index (χ4v) is 7.20. The molecule has 2 N–H and O–H groups in total. The van der Waals surface area contributed by atoms with Crippen LogP contribution in [0.5, 0.6) is 0 Å². The Labute approximate surface area is 315 Å². The molecule has 2 aliphatic rings. The van der Waals surface area contributed by atoms with E-state index in [-0.39, 0.29) is 37.1 Å². The maximum Gasteiger partial charge on any atom is 0.338 e. The SMILES string of the molecule is CC(=O)OCC(COC(=O)C[C@](C)(O)C(=O)OC1C[C@H](C)CCC1C(C)C)OC(C)=O.CC(C)C1CC[C@@H](C)CC1C(=O)Nc1ccc(CC#N)cc1. The quantitative estimate of drug-likeness (QED) is 0.156. The van der Waals surface area contributed by atoms with Gasteiger partial charge in [0, 0.05) is 25.5 Å². The highest BCUT2D eigenvalue weighted by molar-refractivity contribution is 5.92. The first-order valence-electron chi connectivity index (χ1n) is 19.0. The van der Waals surface area contributed by atoms with Crippen molar-refractivity contribution in [2.24, 2.45) is 41.4 Å². The molecule has 0 saturated heterocycles. The van der Waals surface area contributed by atoms with E-state index in [1.54, 1.807) is 0 Å². The molecule has 3 rings (SSSR count). The van der Waals surface area contributed by atoms with Gasteiger partial charge in [0.15, 0.2) is 11.7 Å². The third-order valence-electron chi connectivity index (χ3n) is 10.2. The molecule has 1 amide bonds. The van der Waals surface area contributed by atoms with Gasteiger partial charge >= 0.3 is 23.9 Å². The number of nitrogens with one attached hydrogen (secondary N) is 1. The number of esters is 4. The Kier molecular flexibility index (Phi) is 18.5. The van der Waals surface area contributed by atoms with E-state index in [1.165, 1.54) is 27.2 Å². The Hall–Kier alpha value is -3.98. The predicted molar refractivity (Wildman–Crippen MR) is 199 cm³/mol. The molecule has 12 heteroatoms. The average molecular weight is 743 g/mol.